The summed E-state index contributed by atoms with van der Waals surface area (Å²) in [7, 11) is 0. The van der Waals surface area contributed by atoms with Crippen LogP contribution in [0, 0.1) is 19.3 Å². The minimum absolute atomic E-state index is 0.177. The minimum Gasteiger partial charge on any atom is -0.352 e. The van der Waals surface area contributed by atoms with Gasteiger partial charge in [0.1, 0.15) is 17.7 Å². The van der Waals surface area contributed by atoms with E-state index in [9.17, 15) is 9.59 Å². The van der Waals surface area contributed by atoms with E-state index in [1.165, 1.54) is 12.4 Å². The number of nitrogens with zero attached hydrogens (tertiary/aromatic N) is 3. The van der Waals surface area contributed by atoms with Crippen molar-refractivity contribution in [2.24, 2.45) is 0 Å². The Hall–Kier alpha value is -4.99. The molecule has 0 atom stereocenters. The highest BCUT2D eigenvalue weighted by molar-refractivity contribution is 6.00. The number of benzene rings is 2. The van der Waals surface area contributed by atoms with E-state index in [2.05, 4.69) is 31.3 Å². The van der Waals surface area contributed by atoms with Gasteiger partial charge in [0.25, 0.3) is 11.8 Å². The normalized spacial score (nSPS) is 11.2. The molecule has 0 saturated carbocycles. The van der Waals surface area contributed by atoms with Crippen molar-refractivity contribution in [2.45, 2.75) is 20.8 Å². The van der Waals surface area contributed by atoms with Crippen molar-refractivity contribution in [1.82, 2.24) is 25.2 Å². The van der Waals surface area contributed by atoms with Gasteiger partial charge < -0.3 is 26.7 Å². The van der Waals surface area contributed by atoms with Gasteiger partial charge in [-0.15, -0.1) is 0 Å². The summed E-state index contributed by atoms with van der Waals surface area (Å²) in [6, 6.07) is 14.7. The number of amides is 2. The molecule has 2 heterocycles. The average Bonchev–Trinajstić information content (AvgIpc) is 3.23. The van der Waals surface area contributed by atoms with E-state index >= 15 is 0 Å². The highest BCUT2D eigenvalue weighted by Crippen LogP contribution is 2.27. The predicted molar refractivity (Wildman–Crippen MR) is 145 cm³/mol. The molecule has 10 nitrogen and oxygen atoms in total. The van der Waals surface area contributed by atoms with Crippen molar-refractivity contribution in [2.75, 3.05) is 17.2 Å². The summed E-state index contributed by atoms with van der Waals surface area (Å²) < 4.78 is 1.62. The number of anilines is 3. The molecule has 0 saturated heterocycles. The number of rotatable bonds is 9. The van der Waals surface area contributed by atoms with E-state index in [-0.39, 0.29) is 11.8 Å². The molecule has 5 N–H and O–H groups in total. The van der Waals surface area contributed by atoms with Crippen LogP contribution in [0.2, 0.25) is 0 Å². The first kappa shape index (κ1) is 25.1. The first-order valence-electron chi connectivity index (χ1n) is 11.7. The molecule has 2 amide bonds. The number of hydrogen-bond donors (Lipinski definition) is 5. The molecule has 2 aromatic heterocycles. The van der Waals surface area contributed by atoms with Crippen LogP contribution in [-0.4, -0.2) is 39.2 Å². The van der Waals surface area contributed by atoms with E-state index in [4.69, 9.17) is 5.41 Å². The van der Waals surface area contributed by atoms with Crippen molar-refractivity contribution >= 4 is 40.7 Å². The molecule has 0 aliphatic rings. The summed E-state index contributed by atoms with van der Waals surface area (Å²) in [5, 5.41) is 23.7. The summed E-state index contributed by atoms with van der Waals surface area (Å²) >= 11 is 0. The smallest absolute Gasteiger partial charge is 0.256 e. The first-order valence-corrected chi connectivity index (χ1v) is 11.7. The van der Waals surface area contributed by atoms with Crippen LogP contribution in [0.5, 0.6) is 0 Å². The van der Waals surface area contributed by atoms with Gasteiger partial charge >= 0.3 is 0 Å². The van der Waals surface area contributed by atoms with Gasteiger partial charge in [-0.05, 0) is 62.2 Å². The molecule has 0 aliphatic heterocycles. The molecule has 4 rings (SSSR count). The molecule has 4 aromatic rings. The molecular formula is C27H28N8O2. The van der Waals surface area contributed by atoms with Crippen LogP contribution in [0.4, 0.5) is 17.2 Å². The van der Waals surface area contributed by atoms with Crippen molar-refractivity contribution in [3.8, 4) is 0 Å². The van der Waals surface area contributed by atoms with Crippen LogP contribution in [0.15, 0.2) is 73.0 Å². The second-order valence-electron chi connectivity index (χ2n) is 8.28. The summed E-state index contributed by atoms with van der Waals surface area (Å²) in [6.07, 6.45) is 5.66. The highest BCUT2D eigenvalue weighted by Gasteiger charge is 2.18. The lowest BCUT2D eigenvalue weighted by Gasteiger charge is -2.14. The zero-order chi connectivity index (χ0) is 26.4. The maximum atomic E-state index is 13.1. The van der Waals surface area contributed by atoms with Gasteiger partial charge in [-0.25, -0.2) is 9.50 Å². The van der Waals surface area contributed by atoms with Gasteiger partial charge in [0.05, 0.1) is 5.56 Å². The third kappa shape index (κ3) is 5.64. The number of aryl methyl sites for hydroxylation is 2. The number of allylic oxidation sites excluding steroid dienone is 1. The summed E-state index contributed by atoms with van der Waals surface area (Å²) in [5.41, 5.74) is 4.71. The number of fused-ring (bicyclic) bond motifs is 1. The predicted octanol–water partition coefficient (Wildman–Crippen LogP) is 4.17. The van der Waals surface area contributed by atoms with E-state index in [0.29, 0.717) is 40.5 Å². The van der Waals surface area contributed by atoms with Crippen LogP contribution in [0.3, 0.4) is 0 Å². The minimum atomic E-state index is -0.343. The number of para-hydroxylation sites is 1. The number of nitrogens with one attached hydrogen (secondary N) is 5. The lowest BCUT2D eigenvalue weighted by molar-refractivity contribution is 0.0951. The number of hydrogen-bond acceptors (Lipinski definition) is 7. The Morgan fingerprint density at radius 1 is 1.08 bits per heavy atom. The van der Waals surface area contributed by atoms with Crippen LogP contribution in [0.1, 0.15) is 38.8 Å². The van der Waals surface area contributed by atoms with Crippen LogP contribution < -0.4 is 21.3 Å². The number of carbonyl (C=O) groups excluding carboxylic acids is 2. The summed E-state index contributed by atoms with van der Waals surface area (Å²) in [5.74, 6) is 0.369. The maximum Gasteiger partial charge on any atom is 0.256 e. The fourth-order valence-electron chi connectivity index (χ4n) is 3.83. The Morgan fingerprint density at radius 3 is 2.59 bits per heavy atom. The van der Waals surface area contributed by atoms with E-state index in [1.807, 2.05) is 57.2 Å². The quantitative estimate of drug-likeness (QED) is 0.221. The SMILES string of the molecule is CCNC(=O)c1cn2ncnc(Nc3cc(C(=O)N/C(=C/C=N)Nc4ccccc4)ccc3C)c2c1C. The topological polar surface area (TPSA) is 136 Å². The molecule has 0 unspecified atom stereocenters. The Labute approximate surface area is 214 Å². The van der Waals surface area contributed by atoms with Gasteiger partial charge in [-0.3, -0.25) is 9.59 Å². The molecule has 0 bridgehead atoms. The highest BCUT2D eigenvalue weighted by atomic mass is 16.2. The number of carbonyl (C=O) groups is 2. The Kier molecular flexibility index (Phi) is 7.58. The lowest BCUT2D eigenvalue weighted by Crippen LogP contribution is -2.27. The van der Waals surface area contributed by atoms with Gasteiger partial charge in [0.15, 0.2) is 5.82 Å². The van der Waals surface area contributed by atoms with Crippen molar-refractivity contribution in [3.05, 3.63) is 95.2 Å². The molecule has 10 heteroatoms. The molecule has 0 spiro atoms. The van der Waals surface area contributed by atoms with Gasteiger partial charge in [-0.1, -0.05) is 24.3 Å². The summed E-state index contributed by atoms with van der Waals surface area (Å²) in [4.78, 5) is 29.9. The van der Waals surface area contributed by atoms with Crippen molar-refractivity contribution in [1.29, 1.82) is 5.41 Å². The zero-order valence-electron chi connectivity index (χ0n) is 20.8. The second-order valence-corrected chi connectivity index (χ2v) is 8.28. The zero-order valence-corrected chi connectivity index (χ0v) is 20.8. The Bertz CT molecular complexity index is 1490. The number of aromatic nitrogens is 3. The molecular weight excluding hydrogens is 468 g/mol. The van der Waals surface area contributed by atoms with Gasteiger partial charge in [0.2, 0.25) is 0 Å². The van der Waals surface area contributed by atoms with Crippen molar-refractivity contribution < 1.29 is 9.59 Å². The van der Waals surface area contributed by atoms with Crippen LogP contribution >= 0.6 is 0 Å². The fourth-order valence-corrected chi connectivity index (χ4v) is 3.83. The van der Waals surface area contributed by atoms with Gasteiger partial charge in [-0.2, -0.15) is 5.10 Å². The monoisotopic (exact) mass is 496 g/mol. The Morgan fingerprint density at radius 2 is 1.86 bits per heavy atom. The molecule has 0 aliphatic carbocycles. The lowest BCUT2D eigenvalue weighted by atomic mass is 10.1. The van der Waals surface area contributed by atoms with Crippen LogP contribution in [-0.2, 0) is 0 Å². The third-order valence-electron chi connectivity index (χ3n) is 5.71. The summed E-state index contributed by atoms with van der Waals surface area (Å²) in [6.45, 7) is 6.16. The van der Waals surface area contributed by atoms with Crippen molar-refractivity contribution in [3.63, 3.8) is 0 Å². The molecule has 0 fully saturated rings. The Balaban J connectivity index is 1.60. The first-order chi connectivity index (χ1) is 17.9. The third-order valence-corrected chi connectivity index (χ3v) is 5.71. The molecule has 0 radical (unpaired) electrons. The van der Waals surface area contributed by atoms with Gasteiger partial charge in [0, 0.05) is 35.9 Å². The average molecular weight is 497 g/mol. The second kappa shape index (κ2) is 11.2. The fraction of sp³-hybridized carbons (Fsp3) is 0.148. The largest absolute Gasteiger partial charge is 0.352 e. The van der Waals surface area contributed by atoms with E-state index in [0.717, 1.165) is 23.0 Å². The molecule has 37 heavy (non-hydrogen) atoms. The maximum absolute atomic E-state index is 13.1. The molecule has 188 valence electrons. The molecule has 2 aromatic carbocycles. The van der Waals surface area contributed by atoms with E-state index in [1.54, 1.807) is 22.8 Å². The van der Waals surface area contributed by atoms with Crippen LogP contribution in [0.25, 0.3) is 5.52 Å². The van der Waals surface area contributed by atoms with E-state index < -0.39 is 0 Å². The standard InChI is InChI=1S/C27H28N8O2/c1-4-29-27(37)21-15-35-24(18(21)3)25(30-16-31-35)33-22-14-19(11-10-17(22)2)26(36)34-23(12-13-28)32-20-8-6-5-7-9-20/h5-16,28,32H,4H2,1-3H3,(H,29,37)(H,34,36)(H,30,31,33)/b23-12+,28-13?.